The summed E-state index contributed by atoms with van der Waals surface area (Å²) in [4.78, 5) is 11.0. The van der Waals surface area contributed by atoms with Crippen molar-refractivity contribution in [3.8, 4) is 0 Å². The smallest absolute Gasteiger partial charge is 0.367 e. The first-order valence-electron chi connectivity index (χ1n) is 5.38. The van der Waals surface area contributed by atoms with Gasteiger partial charge in [0, 0.05) is 6.08 Å². The van der Waals surface area contributed by atoms with Crippen LogP contribution in [0.15, 0.2) is 43.0 Å². The number of benzene rings is 1. The number of phosphoric acid groups is 1. The van der Waals surface area contributed by atoms with E-state index in [1.807, 2.05) is 18.2 Å². The Hall–Kier alpha value is -1.42. The standard InChI is InChI=1S/C12H15O5P/c1-3-12(13)17-18(14,15-4-2)16-10-11-8-6-5-7-9-11/h3,5-9H,1,4,10H2,2H3. The maximum Gasteiger partial charge on any atom is 0.532 e. The van der Waals surface area contributed by atoms with Gasteiger partial charge in [-0.3, -0.25) is 9.05 Å². The minimum Gasteiger partial charge on any atom is -0.367 e. The minimum absolute atomic E-state index is 0.0303. The van der Waals surface area contributed by atoms with Gasteiger partial charge in [-0.05, 0) is 12.5 Å². The molecule has 18 heavy (non-hydrogen) atoms. The van der Waals surface area contributed by atoms with Crippen LogP contribution >= 0.6 is 7.82 Å². The molecular formula is C12H15O5P. The molecule has 0 N–H and O–H groups in total. The molecule has 0 saturated carbocycles. The third-order valence-electron chi connectivity index (χ3n) is 1.89. The first-order valence-corrected chi connectivity index (χ1v) is 6.84. The van der Waals surface area contributed by atoms with E-state index >= 15 is 0 Å². The molecule has 0 aromatic heterocycles. The molecule has 0 bridgehead atoms. The molecule has 0 aliphatic heterocycles. The summed E-state index contributed by atoms with van der Waals surface area (Å²) < 4.78 is 26.6. The van der Waals surface area contributed by atoms with Crippen molar-refractivity contribution >= 4 is 13.8 Å². The Morgan fingerprint density at radius 1 is 1.33 bits per heavy atom. The number of hydrogen-bond acceptors (Lipinski definition) is 5. The van der Waals surface area contributed by atoms with Crippen LogP contribution in [0.1, 0.15) is 12.5 Å². The van der Waals surface area contributed by atoms with Crippen molar-refractivity contribution in [1.82, 2.24) is 0 Å². The maximum atomic E-state index is 12.0. The zero-order chi connectivity index (χ0) is 13.4. The van der Waals surface area contributed by atoms with Crippen molar-refractivity contribution in [3.05, 3.63) is 48.6 Å². The van der Waals surface area contributed by atoms with Crippen LogP contribution in [0.25, 0.3) is 0 Å². The number of carbonyl (C=O) groups excluding carboxylic acids is 1. The molecule has 0 saturated heterocycles. The lowest BCUT2D eigenvalue weighted by Gasteiger charge is -2.15. The van der Waals surface area contributed by atoms with E-state index in [1.165, 1.54) is 0 Å². The Morgan fingerprint density at radius 3 is 2.56 bits per heavy atom. The van der Waals surface area contributed by atoms with E-state index in [0.717, 1.165) is 11.6 Å². The number of hydrogen-bond donors (Lipinski definition) is 0. The SMILES string of the molecule is C=CC(=O)OP(=O)(OCC)OCc1ccccc1. The molecule has 1 aromatic carbocycles. The predicted molar refractivity (Wildman–Crippen MR) is 66.8 cm³/mol. The summed E-state index contributed by atoms with van der Waals surface area (Å²) in [5.41, 5.74) is 0.798. The highest BCUT2D eigenvalue weighted by atomic mass is 31.2. The van der Waals surface area contributed by atoms with Crippen LogP contribution in [-0.2, 0) is 29.5 Å². The zero-order valence-corrected chi connectivity index (χ0v) is 11.0. The number of rotatable bonds is 7. The largest absolute Gasteiger partial charge is 0.532 e. The van der Waals surface area contributed by atoms with Gasteiger partial charge in [0.2, 0.25) is 0 Å². The van der Waals surface area contributed by atoms with Crippen molar-refractivity contribution in [2.75, 3.05) is 6.61 Å². The molecule has 5 nitrogen and oxygen atoms in total. The average Bonchev–Trinajstić information content (AvgIpc) is 2.38. The van der Waals surface area contributed by atoms with Gasteiger partial charge in [0.05, 0.1) is 13.2 Å². The number of carbonyl (C=O) groups is 1. The van der Waals surface area contributed by atoms with Gasteiger partial charge in [0.15, 0.2) is 0 Å². The highest BCUT2D eigenvalue weighted by molar-refractivity contribution is 7.49. The fourth-order valence-corrected chi connectivity index (χ4v) is 2.22. The first kappa shape index (κ1) is 14.6. The van der Waals surface area contributed by atoms with E-state index < -0.39 is 13.8 Å². The number of phosphoric ester groups is 1. The molecule has 0 radical (unpaired) electrons. The van der Waals surface area contributed by atoms with Crippen molar-refractivity contribution in [2.45, 2.75) is 13.5 Å². The summed E-state index contributed by atoms with van der Waals surface area (Å²) in [6.07, 6.45) is 0.900. The van der Waals surface area contributed by atoms with Crippen LogP contribution in [0.4, 0.5) is 0 Å². The van der Waals surface area contributed by atoms with Crippen LogP contribution in [0.5, 0.6) is 0 Å². The van der Waals surface area contributed by atoms with E-state index in [9.17, 15) is 9.36 Å². The second-order valence-electron chi connectivity index (χ2n) is 3.24. The Kier molecular flexibility index (Phi) is 5.78. The molecule has 1 atom stereocenters. The molecule has 0 fully saturated rings. The summed E-state index contributed by atoms with van der Waals surface area (Å²) in [5.74, 6) is -0.847. The summed E-state index contributed by atoms with van der Waals surface area (Å²) in [6, 6.07) is 9.08. The Labute approximate surface area is 106 Å². The fourth-order valence-electron chi connectivity index (χ4n) is 1.12. The van der Waals surface area contributed by atoms with E-state index in [4.69, 9.17) is 9.05 Å². The molecule has 0 aliphatic rings. The Morgan fingerprint density at radius 2 is 2.00 bits per heavy atom. The van der Waals surface area contributed by atoms with Gasteiger partial charge in [-0.2, -0.15) is 0 Å². The van der Waals surface area contributed by atoms with Crippen LogP contribution < -0.4 is 0 Å². The van der Waals surface area contributed by atoms with Crippen molar-refractivity contribution in [3.63, 3.8) is 0 Å². The van der Waals surface area contributed by atoms with Crippen LogP contribution in [-0.4, -0.2) is 12.6 Å². The third-order valence-corrected chi connectivity index (χ3v) is 3.31. The second kappa shape index (κ2) is 7.11. The van der Waals surface area contributed by atoms with E-state index in [-0.39, 0.29) is 13.2 Å². The minimum atomic E-state index is -3.88. The highest BCUT2D eigenvalue weighted by Gasteiger charge is 2.29. The van der Waals surface area contributed by atoms with E-state index in [1.54, 1.807) is 19.1 Å². The van der Waals surface area contributed by atoms with Gasteiger partial charge in [0.25, 0.3) is 0 Å². The lowest BCUT2D eigenvalue weighted by atomic mass is 10.2. The van der Waals surface area contributed by atoms with Gasteiger partial charge in [-0.1, -0.05) is 36.9 Å². The summed E-state index contributed by atoms with van der Waals surface area (Å²) in [5, 5.41) is 0. The summed E-state index contributed by atoms with van der Waals surface area (Å²) >= 11 is 0. The molecule has 0 spiro atoms. The van der Waals surface area contributed by atoms with Crippen molar-refractivity contribution in [1.29, 1.82) is 0 Å². The molecule has 1 unspecified atom stereocenters. The molecule has 1 rings (SSSR count). The first-order chi connectivity index (χ1) is 8.59. The Balaban J connectivity index is 2.65. The van der Waals surface area contributed by atoms with Crippen molar-refractivity contribution < 1.29 is 22.9 Å². The molecule has 98 valence electrons. The molecule has 0 amide bonds. The van der Waals surface area contributed by atoms with Crippen molar-refractivity contribution in [2.24, 2.45) is 0 Å². The molecule has 1 aromatic rings. The maximum absolute atomic E-state index is 12.0. The average molecular weight is 270 g/mol. The van der Waals surface area contributed by atoms with Crippen LogP contribution in [0.3, 0.4) is 0 Å². The second-order valence-corrected chi connectivity index (χ2v) is 4.83. The third kappa shape index (κ3) is 4.84. The molecule has 6 heteroatoms. The van der Waals surface area contributed by atoms with Crippen LogP contribution in [0.2, 0.25) is 0 Å². The lowest BCUT2D eigenvalue weighted by Crippen LogP contribution is -2.05. The topological polar surface area (TPSA) is 61.8 Å². The predicted octanol–water partition coefficient (Wildman–Crippen LogP) is 3.08. The normalized spacial score (nSPS) is 13.6. The zero-order valence-electron chi connectivity index (χ0n) is 10.1. The van der Waals surface area contributed by atoms with Gasteiger partial charge >= 0.3 is 13.8 Å². The van der Waals surface area contributed by atoms with Gasteiger partial charge in [-0.25, -0.2) is 9.36 Å². The summed E-state index contributed by atoms with van der Waals surface area (Å²) in [7, 11) is -3.88. The molecule has 0 aliphatic carbocycles. The summed E-state index contributed by atoms with van der Waals surface area (Å²) in [6.45, 7) is 4.98. The van der Waals surface area contributed by atoms with Crippen LogP contribution in [0, 0.1) is 0 Å². The van der Waals surface area contributed by atoms with Gasteiger partial charge in [-0.15, -0.1) is 0 Å². The quantitative estimate of drug-likeness (QED) is 0.562. The fraction of sp³-hybridized carbons (Fsp3) is 0.250. The Bertz CT molecular complexity index is 443. The molecular weight excluding hydrogens is 255 g/mol. The molecule has 0 heterocycles. The highest BCUT2D eigenvalue weighted by Crippen LogP contribution is 2.50. The van der Waals surface area contributed by atoms with E-state index in [0.29, 0.717) is 0 Å². The van der Waals surface area contributed by atoms with Gasteiger partial charge in [0.1, 0.15) is 0 Å². The monoisotopic (exact) mass is 270 g/mol. The van der Waals surface area contributed by atoms with E-state index in [2.05, 4.69) is 11.1 Å². The lowest BCUT2D eigenvalue weighted by molar-refractivity contribution is -0.130. The van der Waals surface area contributed by atoms with Gasteiger partial charge < -0.3 is 4.52 Å².